The van der Waals surface area contributed by atoms with E-state index in [1.807, 2.05) is 25.1 Å². The van der Waals surface area contributed by atoms with Gasteiger partial charge in [0, 0.05) is 6.20 Å². The molecule has 2 aromatic rings. The van der Waals surface area contributed by atoms with E-state index in [-0.39, 0.29) is 11.9 Å². The van der Waals surface area contributed by atoms with Gasteiger partial charge in [0.05, 0.1) is 18.2 Å². The molecule has 3 rings (SSSR count). The van der Waals surface area contributed by atoms with Crippen LogP contribution in [0.3, 0.4) is 0 Å². The number of carbonyl (C=O) groups excluding carboxylic acids is 1. The molecule has 3 nitrogen and oxygen atoms in total. The highest BCUT2D eigenvalue weighted by molar-refractivity contribution is 5.79. The average molecular weight is 294 g/mol. The van der Waals surface area contributed by atoms with E-state index in [4.69, 9.17) is 0 Å². The van der Waals surface area contributed by atoms with E-state index in [1.54, 1.807) is 6.20 Å². The van der Waals surface area contributed by atoms with Crippen LogP contribution in [0.5, 0.6) is 0 Å². The molecule has 22 heavy (non-hydrogen) atoms. The minimum absolute atomic E-state index is 0.0499. The minimum Gasteiger partial charge on any atom is -0.348 e. The molecule has 0 fully saturated rings. The molecule has 1 aliphatic carbocycles. The number of amides is 1. The van der Waals surface area contributed by atoms with Gasteiger partial charge in [0.1, 0.15) is 0 Å². The fraction of sp³-hybridized carbons (Fsp3) is 0.368. The molecule has 1 amide bonds. The van der Waals surface area contributed by atoms with Crippen molar-refractivity contribution in [3.8, 4) is 0 Å². The Balaban J connectivity index is 1.62. The highest BCUT2D eigenvalue weighted by Crippen LogP contribution is 2.22. The molecule has 1 atom stereocenters. The summed E-state index contributed by atoms with van der Waals surface area (Å²) in [5.74, 6) is 0.0499. The Kier molecular flexibility index (Phi) is 4.52. The molecule has 0 aliphatic heterocycles. The van der Waals surface area contributed by atoms with Crippen molar-refractivity contribution < 1.29 is 4.79 Å². The number of hydrogen-bond donors (Lipinski definition) is 1. The second kappa shape index (κ2) is 6.73. The first kappa shape index (κ1) is 14.8. The molecule has 0 spiro atoms. The molecular weight excluding hydrogens is 272 g/mol. The fourth-order valence-electron chi connectivity index (χ4n) is 3.08. The molecule has 0 unspecified atom stereocenters. The number of aryl methyl sites for hydroxylation is 2. The third-order valence-corrected chi connectivity index (χ3v) is 4.29. The van der Waals surface area contributed by atoms with Crippen molar-refractivity contribution in [1.29, 1.82) is 0 Å². The van der Waals surface area contributed by atoms with E-state index in [1.165, 1.54) is 30.4 Å². The summed E-state index contributed by atoms with van der Waals surface area (Å²) in [6, 6.07) is 12.2. The first-order chi connectivity index (χ1) is 10.7. The molecule has 1 aromatic carbocycles. The SMILES string of the molecule is C[C@@H](NC(=O)Cc1ccc2c(c1)CCCC2)c1ccccn1. The standard InChI is InChI=1S/C19H22N2O/c1-14(18-8-4-5-11-20-18)21-19(22)13-15-9-10-16-6-2-3-7-17(16)12-15/h4-5,8-12,14H,2-3,6-7,13H2,1H3,(H,21,22)/t14-/m1/s1. The summed E-state index contributed by atoms with van der Waals surface area (Å²) in [5.41, 5.74) is 4.87. The molecule has 1 heterocycles. The van der Waals surface area contributed by atoms with Crippen molar-refractivity contribution in [2.75, 3.05) is 0 Å². The van der Waals surface area contributed by atoms with Gasteiger partial charge in [0.15, 0.2) is 0 Å². The Bertz CT molecular complexity index is 652. The molecule has 1 N–H and O–H groups in total. The van der Waals surface area contributed by atoms with Gasteiger partial charge in [-0.2, -0.15) is 0 Å². The van der Waals surface area contributed by atoms with Crippen LogP contribution in [-0.4, -0.2) is 10.9 Å². The molecule has 0 saturated heterocycles. The fourth-order valence-corrected chi connectivity index (χ4v) is 3.08. The van der Waals surface area contributed by atoms with E-state index in [9.17, 15) is 4.79 Å². The Morgan fingerprint density at radius 2 is 2.00 bits per heavy atom. The van der Waals surface area contributed by atoms with Crippen LogP contribution in [-0.2, 0) is 24.1 Å². The number of benzene rings is 1. The van der Waals surface area contributed by atoms with E-state index in [0.29, 0.717) is 6.42 Å². The molecule has 1 aromatic heterocycles. The Morgan fingerprint density at radius 1 is 1.18 bits per heavy atom. The second-order valence-corrected chi connectivity index (χ2v) is 6.03. The van der Waals surface area contributed by atoms with Crippen molar-refractivity contribution in [1.82, 2.24) is 10.3 Å². The van der Waals surface area contributed by atoms with Gasteiger partial charge >= 0.3 is 0 Å². The summed E-state index contributed by atoms with van der Waals surface area (Å²) in [4.78, 5) is 16.5. The van der Waals surface area contributed by atoms with Crippen LogP contribution < -0.4 is 5.32 Å². The van der Waals surface area contributed by atoms with Gasteiger partial charge in [-0.25, -0.2) is 0 Å². The molecule has 3 heteroatoms. The third-order valence-electron chi connectivity index (χ3n) is 4.29. The van der Waals surface area contributed by atoms with Crippen molar-refractivity contribution in [2.45, 2.75) is 45.1 Å². The van der Waals surface area contributed by atoms with Gasteiger partial charge in [0.25, 0.3) is 0 Å². The zero-order valence-corrected chi connectivity index (χ0v) is 13.0. The topological polar surface area (TPSA) is 42.0 Å². The molecule has 0 radical (unpaired) electrons. The second-order valence-electron chi connectivity index (χ2n) is 6.03. The van der Waals surface area contributed by atoms with Crippen molar-refractivity contribution in [3.05, 3.63) is 65.0 Å². The lowest BCUT2D eigenvalue weighted by molar-refractivity contribution is -0.121. The van der Waals surface area contributed by atoms with Crippen LogP contribution >= 0.6 is 0 Å². The van der Waals surface area contributed by atoms with Crippen LogP contribution in [0.25, 0.3) is 0 Å². The minimum atomic E-state index is -0.0636. The van der Waals surface area contributed by atoms with Crippen LogP contribution in [0.2, 0.25) is 0 Å². The van der Waals surface area contributed by atoms with Gasteiger partial charge in [-0.15, -0.1) is 0 Å². The zero-order valence-electron chi connectivity index (χ0n) is 13.0. The normalized spacial score (nSPS) is 15.0. The van der Waals surface area contributed by atoms with Crippen molar-refractivity contribution in [2.24, 2.45) is 0 Å². The third kappa shape index (κ3) is 3.53. The zero-order chi connectivity index (χ0) is 15.4. The molecule has 0 bridgehead atoms. The lowest BCUT2D eigenvalue weighted by atomic mass is 9.90. The highest BCUT2D eigenvalue weighted by Gasteiger charge is 2.13. The Hall–Kier alpha value is -2.16. The smallest absolute Gasteiger partial charge is 0.224 e. The first-order valence-corrected chi connectivity index (χ1v) is 8.03. The summed E-state index contributed by atoms with van der Waals surface area (Å²) in [5, 5.41) is 3.02. The number of nitrogens with zero attached hydrogens (tertiary/aromatic N) is 1. The quantitative estimate of drug-likeness (QED) is 0.939. The lowest BCUT2D eigenvalue weighted by Gasteiger charge is -2.17. The summed E-state index contributed by atoms with van der Waals surface area (Å²) in [6.07, 6.45) is 7.06. The summed E-state index contributed by atoms with van der Waals surface area (Å²) in [7, 11) is 0. The lowest BCUT2D eigenvalue weighted by Crippen LogP contribution is -2.28. The summed E-state index contributed by atoms with van der Waals surface area (Å²) >= 11 is 0. The maximum atomic E-state index is 12.2. The number of rotatable bonds is 4. The molecule has 1 aliphatic rings. The van der Waals surface area contributed by atoms with Crippen molar-refractivity contribution in [3.63, 3.8) is 0 Å². The first-order valence-electron chi connectivity index (χ1n) is 8.03. The van der Waals surface area contributed by atoms with Crippen LogP contribution in [0.15, 0.2) is 42.6 Å². The van der Waals surface area contributed by atoms with Crippen LogP contribution in [0.4, 0.5) is 0 Å². The predicted molar refractivity (Wildman–Crippen MR) is 87.6 cm³/mol. The summed E-state index contributed by atoms with van der Waals surface area (Å²) in [6.45, 7) is 1.97. The van der Waals surface area contributed by atoms with Crippen LogP contribution in [0, 0.1) is 0 Å². The number of carbonyl (C=O) groups is 1. The summed E-state index contributed by atoms with van der Waals surface area (Å²) < 4.78 is 0. The Labute approximate surface area is 131 Å². The van der Waals surface area contributed by atoms with E-state index in [2.05, 4.69) is 28.5 Å². The molecule has 0 saturated carbocycles. The van der Waals surface area contributed by atoms with Gasteiger partial charge in [-0.05, 0) is 61.4 Å². The monoisotopic (exact) mass is 294 g/mol. The number of pyridine rings is 1. The highest BCUT2D eigenvalue weighted by atomic mass is 16.1. The average Bonchev–Trinajstić information content (AvgIpc) is 2.55. The molecular formula is C19H22N2O. The van der Waals surface area contributed by atoms with Crippen molar-refractivity contribution >= 4 is 5.91 Å². The van der Waals surface area contributed by atoms with E-state index in [0.717, 1.165) is 17.7 Å². The molecule has 114 valence electrons. The Morgan fingerprint density at radius 3 is 2.77 bits per heavy atom. The number of fused-ring (bicyclic) bond motifs is 1. The van der Waals surface area contributed by atoms with Crippen LogP contribution in [0.1, 0.15) is 48.2 Å². The van der Waals surface area contributed by atoms with Gasteiger partial charge in [0.2, 0.25) is 5.91 Å². The predicted octanol–water partition coefficient (Wildman–Crippen LogP) is 3.38. The maximum Gasteiger partial charge on any atom is 0.224 e. The van der Waals surface area contributed by atoms with Gasteiger partial charge in [-0.3, -0.25) is 9.78 Å². The van der Waals surface area contributed by atoms with Gasteiger partial charge < -0.3 is 5.32 Å². The maximum absolute atomic E-state index is 12.2. The largest absolute Gasteiger partial charge is 0.348 e. The van der Waals surface area contributed by atoms with Gasteiger partial charge in [-0.1, -0.05) is 24.3 Å². The van der Waals surface area contributed by atoms with E-state index >= 15 is 0 Å². The van der Waals surface area contributed by atoms with E-state index < -0.39 is 0 Å². The number of nitrogens with one attached hydrogen (secondary N) is 1. The number of hydrogen-bond acceptors (Lipinski definition) is 2. The number of aromatic nitrogens is 1.